The highest BCUT2D eigenvalue weighted by Gasteiger charge is 2.28. The second-order valence-corrected chi connectivity index (χ2v) is 8.19. The van der Waals surface area contributed by atoms with Gasteiger partial charge < -0.3 is 14.8 Å². The summed E-state index contributed by atoms with van der Waals surface area (Å²) in [6.45, 7) is 2.70. The Morgan fingerprint density at radius 1 is 1.07 bits per heavy atom. The van der Waals surface area contributed by atoms with Crippen molar-refractivity contribution >= 4 is 34.2 Å². The van der Waals surface area contributed by atoms with Gasteiger partial charge in [0.25, 0.3) is 0 Å². The molecule has 0 radical (unpaired) electrons. The van der Waals surface area contributed by atoms with E-state index in [9.17, 15) is 4.79 Å². The zero-order valence-corrected chi connectivity index (χ0v) is 17.3. The van der Waals surface area contributed by atoms with Gasteiger partial charge in [0.2, 0.25) is 5.91 Å². The molecular weight excluding hydrogens is 455 g/mol. The van der Waals surface area contributed by atoms with Gasteiger partial charge in [-0.3, -0.25) is 9.69 Å². The first-order valence-electron chi connectivity index (χ1n) is 9.38. The SMILES string of the molecule is O=C(CN1CCC[C@H]1c1ccc2c(c1)OCCCO2)Nc1ccc(I)cc1. The van der Waals surface area contributed by atoms with Crippen molar-refractivity contribution < 1.29 is 14.3 Å². The Morgan fingerprint density at radius 2 is 1.85 bits per heavy atom. The zero-order valence-electron chi connectivity index (χ0n) is 15.1. The molecule has 1 fully saturated rings. The van der Waals surface area contributed by atoms with Gasteiger partial charge in [-0.25, -0.2) is 0 Å². The van der Waals surface area contributed by atoms with Gasteiger partial charge >= 0.3 is 0 Å². The first-order valence-corrected chi connectivity index (χ1v) is 10.5. The lowest BCUT2D eigenvalue weighted by Gasteiger charge is -2.25. The van der Waals surface area contributed by atoms with Crippen LogP contribution >= 0.6 is 22.6 Å². The van der Waals surface area contributed by atoms with Crippen LogP contribution in [-0.4, -0.2) is 37.1 Å². The number of likely N-dealkylation sites (tertiary alicyclic amines) is 1. The van der Waals surface area contributed by atoms with Gasteiger partial charge in [-0.1, -0.05) is 6.07 Å². The highest BCUT2D eigenvalue weighted by Crippen LogP contribution is 2.37. The molecule has 0 saturated carbocycles. The lowest BCUT2D eigenvalue weighted by molar-refractivity contribution is -0.117. The van der Waals surface area contributed by atoms with Crippen LogP contribution in [0.5, 0.6) is 11.5 Å². The number of carbonyl (C=O) groups excluding carboxylic acids is 1. The molecule has 2 aliphatic heterocycles. The number of carbonyl (C=O) groups is 1. The number of ether oxygens (including phenoxy) is 2. The van der Waals surface area contributed by atoms with Crippen molar-refractivity contribution in [2.45, 2.75) is 25.3 Å². The Labute approximate surface area is 173 Å². The zero-order chi connectivity index (χ0) is 18.6. The van der Waals surface area contributed by atoms with E-state index in [4.69, 9.17) is 9.47 Å². The first-order chi connectivity index (χ1) is 13.2. The molecule has 1 amide bonds. The molecule has 0 unspecified atom stereocenters. The number of anilines is 1. The number of amides is 1. The van der Waals surface area contributed by atoms with Crippen molar-refractivity contribution in [1.29, 1.82) is 0 Å². The molecule has 2 heterocycles. The summed E-state index contributed by atoms with van der Waals surface area (Å²) in [5, 5.41) is 3.00. The summed E-state index contributed by atoms with van der Waals surface area (Å²) in [5.41, 5.74) is 2.03. The normalized spacial score (nSPS) is 19.5. The lowest BCUT2D eigenvalue weighted by Crippen LogP contribution is -2.32. The Bertz CT molecular complexity index is 810. The van der Waals surface area contributed by atoms with Gasteiger partial charge in [-0.05, 0) is 83.9 Å². The average molecular weight is 478 g/mol. The van der Waals surface area contributed by atoms with E-state index in [0.29, 0.717) is 19.8 Å². The minimum atomic E-state index is 0.0254. The van der Waals surface area contributed by atoms with Crippen LogP contribution in [0, 0.1) is 3.57 Å². The number of halogens is 1. The molecule has 1 N–H and O–H groups in total. The van der Waals surface area contributed by atoms with Crippen LogP contribution < -0.4 is 14.8 Å². The molecule has 142 valence electrons. The molecule has 0 aromatic heterocycles. The number of benzene rings is 2. The fraction of sp³-hybridized carbons (Fsp3) is 0.381. The van der Waals surface area contributed by atoms with E-state index in [0.717, 1.165) is 46.6 Å². The van der Waals surface area contributed by atoms with Crippen molar-refractivity contribution in [3.63, 3.8) is 0 Å². The summed E-state index contributed by atoms with van der Waals surface area (Å²) >= 11 is 2.26. The van der Waals surface area contributed by atoms with Gasteiger partial charge in [-0.2, -0.15) is 0 Å². The van der Waals surface area contributed by atoms with Gasteiger partial charge in [0.05, 0.1) is 19.8 Å². The third-order valence-electron chi connectivity index (χ3n) is 4.99. The van der Waals surface area contributed by atoms with Crippen molar-refractivity contribution in [3.8, 4) is 11.5 Å². The van der Waals surface area contributed by atoms with Crippen LogP contribution in [0.1, 0.15) is 30.9 Å². The summed E-state index contributed by atoms with van der Waals surface area (Å²) in [4.78, 5) is 14.8. The maximum atomic E-state index is 12.5. The fourth-order valence-electron chi connectivity index (χ4n) is 3.70. The Balaban J connectivity index is 1.43. The van der Waals surface area contributed by atoms with Crippen LogP contribution in [0.25, 0.3) is 0 Å². The van der Waals surface area contributed by atoms with Gasteiger partial charge in [0.15, 0.2) is 11.5 Å². The average Bonchev–Trinajstić information content (AvgIpc) is 2.99. The predicted molar refractivity (Wildman–Crippen MR) is 113 cm³/mol. The van der Waals surface area contributed by atoms with Crippen molar-refractivity contribution in [3.05, 3.63) is 51.6 Å². The van der Waals surface area contributed by atoms with E-state index in [1.807, 2.05) is 30.3 Å². The van der Waals surface area contributed by atoms with E-state index < -0.39 is 0 Å². The third kappa shape index (κ3) is 4.55. The van der Waals surface area contributed by atoms with E-state index in [2.05, 4.69) is 44.9 Å². The number of hydrogen-bond acceptors (Lipinski definition) is 4. The van der Waals surface area contributed by atoms with Crippen LogP contribution in [0.15, 0.2) is 42.5 Å². The molecule has 4 rings (SSSR count). The second-order valence-electron chi connectivity index (χ2n) is 6.94. The fourth-order valence-corrected chi connectivity index (χ4v) is 4.06. The minimum Gasteiger partial charge on any atom is -0.490 e. The molecule has 0 spiro atoms. The summed E-state index contributed by atoms with van der Waals surface area (Å²) in [7, 11) is 0. The van der Waals surface area contributed by atoms with Gasteiger partial charge in [0, 0.05) is 21.7 Å². The quantitative estimate of drug-likeness (QED) is 0.669. The highest BCUT2D eigenvalue weighted by atomic mass is 127. The largest absolute Gasteiger partial charge is 0.490 e. The summed E-state index contributed by atoms with van der Waals surface area (Å²) in [6.07, 6.45) is 3.05. The van der Waals surface area contributed by atoms with Crippen molar-refractivity contribution in [1.82, 2.24) is 4.90 Å². The molecule has 1 atom stereocenters. The molecule has 2 aliphatic rings. The van der Waals surface area contributed by atoms with Crippen LogP contribution in [0.3, 0.4) is 0 Å². The minimum absolute atomic E-state index is 0.0254. The number of nitrogens with zero attached hydrogens (tertiary/aromatic N) is 1. The molecule has 0 bridgehead atoms. The maximum absolute atomic E-state index is 12.5. The number of nitrogens with one attached hydrogen (secondary N) is 1. The Morgan fingerprint density at radius 3 is 2.67 bits per heavy atom. The standard InChI is InChI=1S/C21H23IN2O3/c22-16-5-7-17(8-6-16)23-21(25)14-24-10-1-3-18(24)15-4-9-19-20(13-15)27-12-2-11-26-19/h4-9,13,18H,1-3,10-12,14H2,(H,23,25)/t18-/m0/s1. The third-order valence-corrected chi connectivity index (χ3v) is 5.71. The monoisotopic (exact) mass is 478 g/mol. The highest BCUT2D eigenvalue weighted by molar-refractivity contribution is 14.1. The molecule has 2 aromatic carbocycles. The lowest BCUT2D eigenvalue weighted by atomic mass is 10.0. The van der Waals surface area contributed by atoms with Gasteiger partial charge in [-0.15, -0.1) is 0 Å². The van der Waals surface area contributed by atoms with Crippen LogP contribution in [0.2, 0.25) is 0 Å². The van der Waals surface area contributed by atoms with Crippen LogP contribution in [0.4, 0.5) is 5.69 Å². The van der Waals surface area contributed by atoms with E-state index >= 15 is 0 Å². The van der Waals surface area contributed by atoms with Crippen LogP contribution in [-0.2, 0) is 4.79 Å². The topological polar surface area (TPSA) is 50.8 Å². The number of hydrogen-bond donors (Lipinski definition) is 1. The molecular formula is C21H23IN2O3. The molecule has 2 aromatic rings. The van der Waals surface area contributed by atoms with Gasteiger partial charge in [0.1, 0.15) is 0 Å². The second kappa shape index (κ2) is 8.48. The number of fused-ring (bicyclic) bond motifs is 1. The molecule has 6 heteroatoms. The maximum Gasteiger partial charge on any atom is 0.238 e. The molecule has 0 aliphatic carbocycles. The van der Waals surface area contributed by atoms with Crippen molar-refractivity contribution in [2.75, 3.05) is 31.6 Å². The summed E-state index contributed by atoms with van der Waals surface area (Å²) in [5.74, 6) is 1.66. The molecule has 27 heavy (non-hydrogen) atoms. The first kappa shape index (κ1) is 18.6. The Kier molecular flexibility index (Phi) is 5.83. The van der Waals surface area contributed by atoms with Crippen molar-refractivity contribution in [2.24, 2.45) is 0 Å². The predicted octanol–water partition coefficient (Wildman–Crippen LogP) is 4.23. The summed E-state index contributed by atoms with van der Waals surface area (Å²) in [6, 6.07) is 14.3. The molecule has 1 saturated heterocycles. The Hall–Kier alpha value is -1.80. The number of rotatable bonds is 4. The van der Waals surface area contributed by atoms with E-state index in [1.165, 1.54) is 5.56 Å². The smallest absolute Gasteiger partial charge is 0.238 e. The molecule has 5 nitrogen and oxygen atoms in total. The van der Waals surface area contributed by atoms with E-state index in [-0.39, 0.29) is 11.9 Å². The van der Waals surface area contributed by atoms with E-state index in [1.54, 1.807) is 0 Å². The summed E-state index contributed by atoms with van der Waals surface area (Å²) < 4.78 is 12.7.